The molecule has 0 radical (unpaired) electrons. The van der Waals surface area contributed by atoms with Crippen LogP contribution < -0.4 is 5.32 Å². The molecule has 0 saturated carbocycles. The van der Waals surface area contributed by atoms with Crippen molar-refractivity contribution in [1.29, 1.82) is 0 Å². The molecule has 8 nitrogen and oxygen atoms in total. The highest BCUT2D eigenvalue weighted by Crippen LogP contribution is 2.26. The highest BCUT2D eigenvalue weighted by molar-refractivity contribution is 6.14. The first-order valence-corrected chi connectivity index (χ1v) is 7.72. The lowest BCUT2D eigenvalue weighted by atomic mass is 10.1. The van der Waals surface area contributed by atoms with Crippen LogP contribution in [0.2, 0.25) is 0 Å². The predicted molar refractivity (Wildman–Crippen MR) is 93.0 cm³/mol. The number of nitro benzene ring substituents is 1. The maximum atomic E-state index is 12.5. The molecule has 132 valence electrons. The number of aromatic hydroxyl groups is 1. The Kier molecular flexibility index (Phi) is 4.40. The van der Waals surface area contributed by atoms with Crippen LogP contribution in [0.5, 0.6) is 5.75 Å². The number of nitro groups is 1. The molecule has 0 unspecified atom stereocenters. The number of imide groups is 1. The normalized spacial score (nSPS) is 15.4. The van der Waals surface area contributed by atoms with Crippen LogP contribution in [-0.4, -0.2) is 26.9 Å². The maximum Gasteiger partial charge on any atom is 0.329 e. The van der Waals surface area contributed by atoms with Crippen LogP contribution in [0.4, 0.5) is 10.5 Å². The van der Waals surface area contributed by atoms with Crippen LogP contribution >= 0.6 is 0 Å². The van der Waals surface area contributed by atoms with Gasteiger partial charge in [0.15, 0.2) is 0 Å². The van der Waals surface area contributed by atoms with E-state index in [2.05, 4.69) is 5.32 Å². The molecule has 0 bridgehead atoms. The SMILES string of the molecule is Cc1cccc(CN2C(=O)N/C(=C/c3cc(O)ccc3[N+](=O)[O-])C2=O)c1. The van der Waals surface area contributed by atoms with Gasteiger partial charge >= 0.3 is 6.03 Å². The van der Waals surface area contributed by atoms with E-state index in [-0.39, 0.29) is 29.2 Å². The lowest BCUT2D eigenvalue weighted by Crippen LogP contribution is -2.30. The molecule has 2 N–H and O–H groups in total. The number of benzene rings is 2. The highest BCUT2D eigenvalue weighted by atomic mass is 16.6. The fourth-order valence-electron chi connectivity index (χ4n) is 2.69. The number of hydrogen-bond acceptors (Lipinski definition) is 5. The van der Waals surface area contributed by atoms with Crippen LogP contribution in [0.3, 0.4) is 0 Å². The number of nitrogens with zero attached hydrogens (tertiary/aromatic N) is 2. The van der Waals surface area contributed by atoms with Crippen LogP contribution in [0, 0.1) is 17.0 Å². The number of hydrogen-bond donors (Lipinski definition) is 2. The van der Waals surface area contributed by atoms with Gasteiger partial charge in [0.05, 0.1) is 17.0 Å². The Morgan fingerprint density at radius 2 is 2.00 bits per heavy atom. The molecule has 1 aliphatic rings. The van der Waals surface area contributed by atoms with Gasteiger partial charge in [-0.25, -0.2) is 4.79 Å². The number of aryl methyl sites for hydroxylation is 1. The maximum absolute atomic E-state index is 12.5. The fraction of sp³-hybridized carbons (Fsp3) is 0.111. The van der Waals surface area contributed by atoms with E-state index in [9.17, 15) is 24.8 Å². The summed E-state index contributed by atoms with van der Waals surface area (Å²) in [5, 5.41) is 23.1. The second-order valence-corrected chi connectivity index (χ2v) is 5.87. The first-order chi connectivity index (χ1) is 12.3. The van der Waals surface area contributed by atoms with E-state index in [1.54, 1.807) is 6.07 Å². The number of phenolic OH excluding ortho intramolecular Hbond substituents is 1. The molecule has 3 rings (SSSR count). The smallest absolute Gasteiger partial charge is 0.329 e. The number of nitrogens with one attached hydrogen (secondary N) is 1. The zero-order valence-electron chi connectivity index (χ0n) is 13.8. The Bertz CT molecular complexity index is 952. The minimum Gasteiger partial charge on any atom is -0.508 e. The van der Waals surface area contributed by atoms with Crippen molar-refractivity contribution in [2.24, 2.45) is 0 Å². The summed E-state index contributed by atoms with van der Waals surface area (Å²) >= 11 is 0. The van der Waals surface area contributed by atoms with Crippen LogP contribution in [0.15, 0.2) is 48.2 Å². The fourth-order valence-corrected chi connectivity index (χ4v) is 2.69. The lowest BCUT2D eigenvalue weighted by Gasteiger charge is -2.12. The summed E-state index contributed by atoms with van der Waals surface area (Å²) < 4.78 is 0. The third kappa shape index (κ3) is 3.39. The average Bonchev–Trinajstić information content (AvgIpc) is 2.82. The molecule has 1 saturated heterocycles. The zero-order chi connectivity index (χ0) is 18.8. The second-order valence-electron chi connectivity index (χ2n) is 5.87. The monoisotopic (exact) mass is 353 g/mol. The van der Waals surface area contributed by atoms with E-state index in [0.717, 1.165) is 28.2 Å². The first-order valence-electron chi connectivity index (χ1n) is 7.72. The number of amides is 3. The van der Waals surface area contributed by atoms with Crippen molar-refractivity contribution in [1.82, 2.24) is 10.2 Å². The predicted octanol–water partition coefficient (Wildman–Crippen LogP) is 2.70. The van der Waals surface area contributed by atoms with Crippen molar-refractivity contribution in [3.8, 4) is 5.75 Å². The Morgan fingerprint density at radius 1 is 1.23 bits per heavy atom. The van der Waals surface area contributed by atoms with Gasteiger partial charge < -0.3 is 10.4 Å². The summed E-state index contributed by atoms with van der Waals surface area (Å²) in [5.41, 5.74) is 1.45. The molecular formula is C18H15N3O5. The Morgan fingerprint density at radius 3 is 2.69 bits per heavy atom. The minimum atomic E-state index is -0.627. The van der Waals surface area contributed by atoms with Gasteiger partial charge in [0.25, 0.3) is 11.6 Å². The Balaban J connectivity index is 1.90. The summed E-state index contributed by atoms with van der Waals surface area (Å²) in [6, 6.07) is 10.3. The van der Waals surface area contributed by atoms with Gasteiger partial charge in [0.2, 0.25) is 0 Å². The molecule has 3 amide bonds. The first kappa shape index (κ1) is 17.2. The molecule has 0 aliphatic carbocycles. The zero-order valence-corrected chi connectivity index (χ0v) is 13.8. The molecule has 26 heavy (non-hydrogen) atoms. The molecule has 0 spiro atoms. The summed E-state index contributed by atoms with van der Waals surface area (Å²) in [5.74, 6) is -0.773. The topological polar surface area (TPSA) is 113 Å². The third-order valence-electron chi connectivity index (χ3n) is 3.89. The second kappa shape index (κ2) is 6.67. The Labute approximate surface area is 148 Å². The summed E-state index contributed by atoms with van der Waals surface area (Å²) in [7, 11) is 0. The number of urea groups is 1. The van der Waals surface area contributed by atoms with Gasteiger partial charge in [-0.3, -0.25) is 19.8 Å². The number of carbonyl (C=O) groups is 2. The number of carbonyl (C=O) groups excluding carboxylic acids is 2. The van der Waals surface area contributed by atoms with Crippen molar-refractivity contribution in [3.05, 3.63) is 75.0 Å². The van der Waals surface area contributed by atoms with Crippen LogP contribution in [0.25, 0.3) is 6.08 Å². The largest absolute Gasteiger partial charge is 0.508 e. The summed E-state index contributed by atoms with van der Waals surface area (Å²) in [6.07, 6.45) is 1.19. The van der Waals surface area contributed by atoms with E-state index in [0.29, 0.717) is 0 Å². The molecular weight excluding hydrogens is 338 g/mol. The van der Waals surface area contributed by atoms with E-state index < -0.39 is 16.9 Å². The van der Waals surface area contributed by atoms with E-state index >= 15 is 0 Å². The van der Waals surface area contributed by atoms with Gasteiger partial charge in [0, 0.05) is 6.07 Å². The van der Waals surface area contributed by atoms with Crippen molar-refractivity contribution >= 4 is 23.7 Å². The van der Waals surface area contributed by atoms with E-state index in [4.69, 9.17) is 0 Å². The standard InChI is InChI=1S/C18H15N3O5/c1-11-3-2-4-12(7-11)10-20-17(23)15(19-18(20)24)9-13-8-14(22)5-6-16(13)21(25)26/h2-9,22H,10H2,1H3,(H,19,24)/b15-9+. The number of rotatable bonds is 4. The van der Waals surface area contributed by atoms with Gasteiger partial charge in [-0.2, -0.15) is 0 Å². The average molecular weight is 353 g/mol. The minimum absolute atomic E-state index is 0.0241. The quantitative estimate of drug-likeness (QED) is 0.380. The van der Waals surface area contributed by atoms with Crippen molar-refractivity contribution in [3.63, 3.8) is 0 Å². The molecule has 0 atom stereocenters. The molecule has 8 heteroatoms. The van der Waals surface area contributed by atoms with Crippen LogP contribution in [0.1, 0.15) is 16.7 Å². The summed E-state index contributed by atoms with van der Waals surface area (Å²) in [4.78, 5) is 36.1. The van der Waals surface area contributed by atoms with Crippen molar-refractivity contribution in [2.75, 3.05) is 0 Å². The molecule has 1 fully saturated rings. The molecule has 0 aromatic heterocycles. The van der Waals surface area contributed by atoms with E-state index in [1.807, 2.05) is 25.1 Å². The van der Waals surface area contributed by atoms with Crippen molar-refractivity contribution in [2.45, 2.75) is 13.5 Å². The number of phenols is 1. The summed E-state index contributed by atoms with van der Waals surface area (Å²) in [6.45, 7) is 1.99. The van der Waals surface area contributed by atoms with Crippen molar-refractivity contribution < 1.29 is 19.6 Å². The lowest BCUT2D eigenvalue weighted by molar-refractivity contribution is -0.385. The molecule has 1 heterocycles. The molecule has 2 aromatic rings. The van der Waals surface area contributed by atoms with Crippen LogP contribution in [-0.2, 0) is 11.3 Å². The van der Waals surface area contributed by atoms with Gasteiger partial charge in [-0.1, -0.05) is 29.8 Å². The van der Waals surface area contributed by atoms with Gasteiger partial charge in [-0.15, -0.1) is 0 Å². The highest BCUT2D eigenvalue weighted by Gasteiger charge is 2.34. The Hall–Kier alpha value is -3.68. The molecule has 2 aromatic carbocycles. The van der Waals surface area contributed by atoms with Gasteiger partial charge in [0.1, 0.15) is 11.4 Å². The molecule has 1 aliphatic heterocycles. The third-order valence-corrected chi connectivity index (χ3v) is 3.89. The van der Waals surface area contributed by atoms with Gasteiger partial charge in [-0.05, 0) is 30.7 Å². The van der Waals surface area contributed by atoms with E-state index in [1.165, 1.54) is 12.1 Å².